The number of Topliss-reactive ketones (excluding diaryl/α,β-unsaturated/α-hetero) is 1. The minimum absolute atomic E-state index is 0.0812. The van der Waals surface area contributed by atoms with Crippen molar-refractivity contribution in [2.24, 2.45) is 11.8 Å². The molecule has 0 unspecified atom stereocenters. The Balaban J connectivity index is 2.19. The number of hydrogen-bond donors (Lipinski definition) is 3. The second-order valence-electron chi connectivity index (χ2n) is 11.7. The summed E-state index contributed by atoms with van der Waals surface area (Å²) in [4.78, 5) is 36.5. The molecule has 1 saturated carbocycles. The van der Waals surface area contributed by atoms with Crippen molar-refractivity contribution in [2.45, 2.75) is 154 Å². The van der Waals surface area contributed by atoms with Crippen molar-refractivity contribution in [3.05, 3.63) is 12.2 Å². The van der Waals surface area contributed by atoms with Crippen LogP contribution in [-0.2, 0) is 23.9 Å². The summed E-state index contributed by atoms with van der Waals surface area (Å²) in [7, 11) is 0. The molecule has 0 aromatic carbocycles. The van der Waals surface area contributed by atoms with Gasteiger partial charge in [0.2, 0.25) is 0 Å². The predicted molar refractivity (Wildman–Crippen MR) is 160 cm³/mol. The molecular weight excluding hydrogens is 524 g/mol. The zero-order chi connectivity index (χ0) is 30.3. The summed E-state index contributed by atoms with van der Waals surface area (Å²) >= 11 is 0. The number of aliphatic hydroxyl groups is 3. The third kappa shape index (κ3) is 17.7. The first-order valence-electron chi connectivity index (χ1n) is 16.3. The van der Waals surface area contributed by atoms with Crippen LogP contribution in [0.25, 0.3) is 0 Å². The Bertz CT molecular complexity index is 737. The second kappa shape index (κ2) is 23.8. The van der Waals surface area contributed by atoms with E-state index < -0.39 is 24.9 Å². The van der Waals surface area contributed by atoms with Crippen molar-refractivity contribution < 1.29 is 39.2 Å². The number of carbonyl (C=O) groups is 3. The van der Waals surface area contributed by atoms with Crippen molar-refractivity contribution in [3.8, 4) is 0 Å². The molecule has 238 valence electrons. The Hall–Kier alpha value is -1.77. The number of carbonyl (C=O) groups excluding carboxylic acids is 3. The van der Waals surface area contributed by atoms with E-state index in [1.165, 1.54) is 25.7 Å². The molecule has 8 nitrogen and oxygen atoms in total. The highest BCUT2D eigenvalue weighted by Gasteiger charge is 2.39. The number of ether oxygens (including phenoxy) is 2. The quantitative estimate of drug-likeness (QED) is 0.0681. The summed E-state index contributed by atoms with van der Waals surface area (Å²) in [6.07, 6.45) is 17.6. The van der Waals surface area contributed by atoms with Gasteiger partial charge in [-0.3, -0.25) is 14.4 Å². The first-order chi connectivity index (χ1) is 19.8. The molecule has 0 amide bonds. The minimum atomic E-state index is -0.838. The Morgan fingerprint density at radius 1 is 0.878 bits per heavy atom. The van der Waals surface area contributed by atoms with Crippen LogP contribution >= 0.6 is 0 Å². The van der Waals surface area contributed by atoms with Gasteiger partial charge in [0.1, 0.15) is 12.4 Å². The summed E-state index contributed by atoms with van der Waals surface area (Å²) in [6, 6.07) is 0. The molecule has 5 atom stereocenters. The van der Waals surface area contributed by atoms with Crippen LogP contribution in [0.2, 0.25) is 0 Å². The van der Waals surface area contributed by atoms with Crippen molar-refractivity contribution >= 4 is 17.7 Å². The molecule has 0 aliphatic heterocycles. The standard InChI is InChI=1S/C33H58O8/c1-3-5-7-8-9-10-16-20-33(39)41-27(24-34)25-40-32(38)19-15-12-11-14-18-28-29(31(37)23-30(28)36)22-21-26(35)17-13-6-4-2/h21-22,26-29,31,34-35,37H,3-20,23-25H2,1-2H3/b22-21+/t26-,27-,28+,29+,31+/m0/s1. The molecule has 1 rings (SSSR count). The van der Waals surface area contributed by atoms with Gasteiger partial charge in [-0.1, -0.05) is 103 Å². The number of esters is 2. The number of aliphatic hydroxyl groups excluding tert-OH is 3. The highest BCUT2D eigenvalue weighted by atomic mass is 16.6. The van der Waals surface area contributed by atoms with Crippen LogP contribution in [0.5, 0.6) is 0 Å². The smallest absolute Gasteiger partial charge is 0.306 e. The van der Waals surface area contributed by atoms with E-state index in [1.54, 1.807) is 6.08 Å². The first kappa shape index (κ1) is 37.3. The van der Waals surface area contributed by atoms with E-state index in [0.717, 1.165) is 57.8 Å². The lowest BCUT2D eigenvalue weighted by Crippen LogP contribution is -2.28. The SMILES string of the molecule is CCCCCCCCCC(=O)O[C@@H](CO)COC(=O)CCCCCC[C@H]1C(=O)C[C@@H](O)[C@@H]1/C=C/[C@@H](O)CCCCC. The third-order valence-electron chi connectivity index (χ3n) is 7.95. The van der Waals surface area contributed by atoms with Crippen LogP contribution < -0.4 is 0 Å². The molecule has 0 radical (unpaired) electrons. The Labute approximate surface area is 248 Å². The third-order valence-corrected chi connectivity index (χ3v) is 7.95. The number of unbranched alkanes of at least 4 members (excludes halogenated alkanes) is 11. The summed E-state index contributed by atoms with van der Waals surface area (Å²) in [5, 5.41) is 30.0. The predicted octanol–water partition coefficient (Wildman–Crippen LogP) is 5.98. The van der Waals surface area contributed by atoms with Crippen molar-refractivity contribution in [1.29, 1.82) is 0 Å². The fraction of sp³-hybridized carbons (Fsp3) is 0.848. The van der Waals surface area contributed by atoms with E-state index in [-0.39, 0.29) is 49.0 Å². The van der Waals surface area contributed by atoms with Crippen molar-refractivity contribution in [1.82, 2.24) is 0 Å². The monoisotopic (exact) mass is 582 g/mol. The second-order valence-corrected chi connectivity index (χ2v) is 11.7. The Morgan fingerprint density at radius 2 is 1.46 bits per heavy atom. The van der Waals surface area contributed by atoms with E-state index in [4.69, 9.17) is 9.47 Å². The largest absolute Gasteiger partial charge is 0.462 e. The van der Waals surface area contributed by atoms with Gasteiger partial charge < -0.3 is 24.8 Å². The van der Waals surface area contributed by atoms with Gasteiger partial charge in [-0.05, 0) is 25.7 Å². The van der Waals surface area contributed by atoms with Crippen LogP contribution in [0.4, 0.5) is 0 Å². The summed E-state index contributed by atoms with van der Waals surface area (Å²) in [5.74, 6) is -1.15. The lowest BCUT2D eigenvalue weighted by molar-refractivity contribution is -0.161. The van der Waals surface area contributed by atoms with E-state index >= 15 is 0 Å². The maximum atomic E-state index is 12.4. The van der Waals surface area contributed by atoms with Gasteiger partial charge in [0, 0.05) is 31.1 Å². The van der Waals surface area contributed by atoms with E-state index in [1.807, 2.05) is 6.08 Å². The lowest BCUT2D eigenvalue weighted by atomic mass is 9.88. The summed E-state index contributed by atoms with van der Waals surface area (Å²) in [5.41, 5.74) is 0. The first-order valence-corrected chi connectivity index (χ1v) is 16.3. The molecular formula is C33H58O8. The summed E-state index contributed by atoms with van der Waals surface area (Å²) < 4.78 is 10.5. The van der Waals surface area contributed by atoms with Crippen LogP contribution in [0.15, 0.2) is 12.2 Å². The lowest BCUT2D eigenvalue weighted by Gasteiger charge is -2.18. The average Bonchev–Trinajstić information content (AvgIpc) is 3.22. The van der Waals surface area contributed by atoms with E-state index in [9.17, 15) is 29.7 Å². The summed E-state index contributed by atoms with van der Waals surface area (Å²) in [6.45, 7) is 3.76. The fourth-order valence-corrected chi connectivity index (χ4v) is 5.39. The van der Waals surface area contributed by atoms with Gasteiger partial charge in [-0.2, -0.15) is 0 Å². The number of rotatable bonds is 25. The zero-order valence-corrected chi connectivity index (χ0v) is 25.8. The molecule has 0 aromatic rings. The molecule has 8 heteroatoms. The Kier molecular flexibility index (Phi) is 21.6. The molecule has 1 aliphatic rings. The average molecular weight is 583 g/mol. The molecule has 0 spiro atoms. The van der Waals surface area contributed by atoms with Gasteiger partial charge in [-0.15, -0.1) is 0 Å². The van der Waals surface area contributed by atoms with Crippen LogP contribution in [0.3, 0.4) is 0 Å². The highest BCUT2D eigenvalue weighted by Crippen LogP contribution is 2.34. The molecule has 0 heterocycles. The highest BCUT2D eigenvalue weighted by molar-refractivity contribution is 5.84. The van der Waals surface area contributed by atoms with Gasteiger partial charge in [0.15, 0.2) is 6.10 Å². The molecule has 0 aromatic heterocycles. The van der Waals surface area contributed by atoms with Gasteiger partial charge in [0.25, 0.3) is 0 Å². The zero-order valence-electron chi connectivity index (χ0n) is 25.8. The number of ketones is 1. The van der Waals surface area contributed by atoms with E-state index in [0.29, 0.717) is 25.7 Å². The minimum Gasteiger partial charge on any atom is -0.462 e. The maximum absolute atomic E-state index is 12.4. The normalized spacial score (nSPS) is 20.4. The van der Waals surface area contributed by atoms with Crippen molar-refractivity contribution in [3.63, 3.8) is 0 Å². The van der Waals surface area contributed by atoms with E-state index in [2.05, 4.69) is 13.8 Å². The maximum Gasteiger partial charge on any atom is 0.306 e. The van der Waals surface area contributed by atoms with Gasteiger partial charge in [-0.25, -0.2) is 0 Å². The van der Waals surface area contributed by atoms with Gasteiger partial charge >= 0.3 is 11.9 Å². The topological polar surface area (TPSA) is 130 Å². The van der Waals surface area contributed by atoms with Crippen LogP contribution in [-0.4, -0.2) is 64.6 Å². The molecule has 0 bridgehead atoms. The van der Waals surface area contributed by atoms with Crippen molar-refractivity contribution in [2.75, 3.05) is 13.2 Å². The molecule has 1 aliphatic carbocycles. The van der Waals surface area contributed by atoms with Gasteiger partial charge in [0.05, 0.1) is 18.8 Å². The Morgan fingerprint density at radius 3 is 2.12 bits per heavy atom. The fourth-order valence-electron chi connectivity index (χ4n) is 5.39. The van der Waals surface area contributed by atoms with Crippen LogP contribution in [0, 0.1) is 11.8 Å². The molecule has 3 N–H and O–H groups in total. The molecule has 41 heavy (non-hydrogen) atoms. The molecule has 0 saturated heterocycles. The molecule has 1 fully saturated rings. The van der Waals surface area contributed by atoms with Crippen LogP contribution in [0.1, 0.15) is 136 Å². The number of hydrogen-bond acceptors (Lipinski definition) is 8.